The topological polar surface area (TPSA) is 18.5 Å². The van der Waals surface area contributed by atoms with Crippen LogP contribution in [0.3, 0.4) is 0 Å². The zero-order chi connectivity index (χ0) is 15.8. The van der Waals surface area contributed by atoms with Gasteiger partial charge in [0.05, 0.1) is 6.10 Å². The molecule has 2 rings (SSSR count). The van der Waals surface area contributed by atoms with Crippen molar-refractivity contribution < 1.29 is 9.47 Å². The Labute approximate surface area is 134 Å². The van der Waals surface area contributed by atoms with Crippen LogP contribution in [0.15, 0.2) is 54.6 Å². The van der Waals surface area contributed by atoms with Crippen molar-refractivity contribution in [3.63, 3.8) is 0 Å². The van der Waals surface area contributed by atoms with Crippen molar-refractivity contribution in [3.8, 4) is 5.75 Å². The summed E-state index contributed by atoms with van der Waals surface area (Å²) in [7, 11) is 0. The molecule has 2 unspecified atom stereocenters. The Kier molecular flexibility index (Phi) is 6.47. The summed E-state index contributed by atoms with van der Waals surface area (Å²) in [6, 6.07) is 18.4. The first-order valence-corrected chi connectivity index (χ1v) is 8.07. The summed E-state index contributed by atoms with van der Waals surface area (Å²) >= 11 is 0. The molecular formula is C20H26O2. The van der Waals surface area contributed by atoms with E-state index >= 15 is 0 Å². The first kappa shape index (κ1) is 16.6. The molecule has 2 atom stereocenters. The van der Waals surface area contributed by atoms with Crippen molar-refractivity contribution in [1.29, 1.82) is 0 Å². The lowest BCUT2D eigenvalue weighted by Gasteiger charge is -2.17. The van der Waals surface area contributed by atoms with E-state index in [1.807, 2.05) is 30.3 Å². The molecule has 2 aromatic carbocycles. The smallest absolute Gasteiger partial charge is 0.119 e. The third kappa shape index (κ3) is 5.19. The second kappa shape index (κ2) is 8.60. The van der Waals surface area contributed by atoms with Gasteiger partial charge in [0, 0.05) is 6.61 Å². The predicted octanol–water partition coefficient (Wildman–Crippen LogP) is 5.39. The Bertz CT molecular complexity index is 533. The van der Waals surface area contributed by atoms with E-state index in [-0.39, 0.29) is 6.10 Å². The molecule has 0 radical (unpaired) electrons. The predicted molar refractivity (Wildman–Crippen MR) is 91.0 cm³/mol. The Morgan fingerprint density at radius 2 is 1.59 bits per heavy atom. The standard InChI is InChI=1S/C20H26O2/c1-4-16(2)14-21-17(3)19-10-12-20(13-11-19)22-15-18-8-6-5-7-9-18/h5-13,16-17H,4,14-15H2,1-3H3. The molecule has 0 N–H and O–H groups in total. The Morgan fingerprint density at radius 3 is 2.23 bits per heavy atom. The highest BCUT2D eigenvalue weighted by Crippen LogP contribution is 2.22. The molecule has 0 aliphatic heterocycles. The van der Waals surface area contributed by atoms with Crippen LogP contribution in [-0.2, 0) is 11.3 Å². The Balaban J connectivity index is 1.84. The maximum absolute atomic E-state index is 5.91. The van der Waals surface area contributed by atoms with Crippen LogP contribution < -0.4 is 4.74 Å². The van der Waals surface area contributed by atoms with Crippen molar-refractivity contribution in [2.24, 2.45) is 5.92 Å². The molecule has 22 heavy (non-hydrogen) atoms. The van der Waals surface area contributed by atoms with E-state index in [1.54, 1.807) is 0 Å². The fraction of sp³-hybridized carbons (Fsp3) is 0.400. The van der Waals surface area contributed by atoms with Crippen LogP contribution in [-0.4, -0.2) is 6.61 Å². The third-order valence-electron chi connectivity index (χ3n) is 3.93. The molecule has 0 aliphatic carbocycles. The second-order valence-corrected chi connectivity index (χ2v) is 5.83. The minimum absolute atomic E-state index is 0.122. The van der Waals surface area contributed by atoms with E-state index in [9.17, 15) is 0 Å². The number of hydrogen-bond donors (Lipinski definition) is 0. The quantitative estimate of drug-likeness (QED) is 0.650. The highest BCUT2D eigenvalue weighted by atomic mass is 16.5. The average molecular weight is 298 g/mol. The van der Waals surface area contributed by atoms with E-state index < -0.39 is 0 Å². The molecular weight excluding hydrogens is 272 g/mol. The van der Waals surface area contributed by atoms with Gasteiger partial charge in [-0.1, -0.05) is 62.7 Å². The summed E-state index contributed by atoms with van der Waals surface area (Å²) in [4.78, 5) is 0. The van der Waals surface area contributed by atoms with Crippen LogP contribution in [0.1, 0.15) is 44.4 Å². The van der Waals surface area contributed by atoms with Gasteiger partial charge in [-0.15, -0.1) is 0 Å². The normalized spacial score (nSPS) is 13.6. The van der Waals surface area contributed by atoms with Gasteiger partial charge in [0.25, 0.3) is 0 Å². The van der Waals surface area contributed by atoms with Gasteiger partial charge in [-0.2, -0.15) is 0 Å². The SMILES string of the molecule is CCC(C)COC(C)c1ccc(OCc2ccccc2)cc1. The van der Waals surface area contributed by atoms with Gasteiger partial charge in [0.1, 0.15) is 12.4 Å². The lowest BCUT2D eigenvalue weighted by molar-refractivity contribution is 0.0424. The zero-order valence-electron chi connectivity index (χ0n) is 13.8. The molecule has 0 saturated heterocycles. The molecule has 0 heterocycles. The summed E-state index contributed by atoms with van der Waals surface area (Å²) in [5.74, 6) is 1.50. The van der Waals surface area contributed by atoms with Crippen molar-refractivity contribution in [3.05, 3.63) is 65.7 Å². The van der Waals surface area contributed by atoms with Gasteiger partial charge in [-0.25, -0.2) is 0 Å². The molecule has 0 aliphatic rings. The van der Waals surface area contributed by atoms with Gasteiger partial charge in [0.15, 0.2) is 0 Å². The highest BCUT2D eigenvalue weighted by Gasteiger charge is 2.08. The second-order valence-electron chi connectivity index (χ2n) is 5.83. The van der Waals surface area contributed by atoms with Crippen LogP contribution in [0.4, 0.5) is 0 Å². The van der Waals surface area contributed by atoms with Crippen LogP contribution in [0.5, 0.6) is 5.75 Å². The average Bonchev–Trinajstić information content (AvgIpc) is 2.59. The summed E-state index contributed by atoms with van der Waals surface area (Å²) in [6.45, 7) is 7.91. The molecule has 0 fully saturated rings. The minimum atomic E-state index is 0.122. The van der Waals surface area contributed by atoms with Gasteiger partial charge >= 0.3 is 0 Å². The number of benzene rings is 2. The molecule has 2 nitrogen and oxygen atoms in total. The summed E-state index contributed by atoms with van der Waals surface area (Å²) in [5, 5.41) is 0. The van der Waals surface area contributed by atoms with Crippen molar-refractivity contribution >= 4 is 0 Å². The van der Waals surface area contributed by atoms with Crippen molar-refractivity contribution in [1.82, 2.24) is 0 Å². The summed E-state index contributed by atoms with van der Waals surface area (Å²) in [6.07, 6.45) is 1.27. The van der Waals surface area contributed by atoms with E-state index in [2.05, 4.69) is 45.0 Å². The van der Waals surface area contributed by atoms with Crippen LogP contribution >= 0.6 is 0 Å². The monoisotopic (exact) mass is 298 g/mol. The van der Waals surface area contributed by atoms with E-state index in [0.29, 0.717) is 12.5 Å². The van der Waals surface area contributed by atoms with Gasteiger partial charge in [0.2, 0.25) is 0 Å². The Hall–Kier alpha value is -1.80. The van der Waals surface area contributed by atoms with Gasteiger partial charge < -0.3 is 9.47 Å². The molecule has 0 aromatic heterocycles. The van der Waals surface area contributed by atoms with Crippen LogP contribution in [0, 0.1) is 5.92 Å². The minimum Gasteiger partial charge on any atom is -0.489 e. The third-order valence-corrected chi connectivity index (χ3v) is 3.93. The van der Waals surface area contributed by atoms with E-state index in [1.165, 1.54) is 11.1 Å². The van der Waals surface area contributed by atoms with Crippen molar-refractivity contribution in [2.45, 2.75) is 39.9 Å². The van der Waals surface area contributed by atoms with E-state index in [4.69, 9.17) is 9.47 Å². The summed E-state index contributed by atoms with van der Waals surface area (Å²) in [5.41, 5.74) is 2.37. The fourth-order valence-electron chi connectivity index (χ4n) is 2.10. The lowest BCUT2D eigenvalue weighted by Crippen LogP contribution is -2.08. The molecule has 2 aromatic rings. The Morgan fingerprint density at radius 1 is 0.909 bits per heavy atom. The first-order valence-electron chi connectivity index (χ1n) is 8.07. The molecule has 0 saturated carbocycles. The molecule has 0 bridgehead atoms. The maximum Gasteiger partial charge on any atom is 0.119 e. The van der Waals surface area contributed by atoms with Crippen molar-refractivity contribution in [2.75, 3.05) is 6.61 Å². The number of hydrogen-bond acceptors (Lipinski definition) is 2. The largest absolute Gasteiger partial charge is 0.489 e. The summed E-state index contributed by atoms with van der Waals surface area (Å²) < 4.78 is 11.7. The van der Waals surface area contributed by atoms with Crippen LogP contribution in [0.25, 0.3) is 0 Å². The van der Waals surface area contributed by atoms with Gasteiger partial charge in [-0.05, 0) is 36.1 Å². The maximum atomic E-state index is 5.91. The van der Waals surface area contributed by atoms with E-state index in [0.717, 1.165) is 18.8 Å². The first-order chi connectivity index (χ1) is 10.7. The molecule has 0 amide bonds. The number of rotatable bonds is 8. The van der Waals surface area contributed by atoms with Gasteiger partial charge in [-0.3, -0.25) is 0 Å². The van der Waals surface area contributed by atoms with Crippen LogP contribution in [0.2, 0.25) is 0 Å². The molecule has 118 valence electrons. The highest BCUT2D eigenvalue weighted by molar-refractivity contribution is 5.28. The number of ether oxygens (including phenoxy) is 2. The fourth-order valence-corrected chi connectivity index (χ4v) is 2.10. The lowest BCUT2D eigenvalue weighted by atomic mass is 10.1. The molecule has 2 heteroatoms. The molecule has 0 spiro atoms. The zero-order valence-corrected chi connectivity index (χ0v) is 13.8.